The van der Waals surface area contributed by atoms with Crippen LogP contribution in [0.1, 0.15) is 42.1 Å². The van der Waals surface area contributed by atoms with E-state index in [0.717, 1.165) is 21.9 Å². The van der Waals surface area contributed by atoms with Crippen LogP contribution in [-0.2, 0) is 12.8 Å². The number of aromatic nitrogens is 2. The predicted molar refractivity (Wildman–Crippen MR) is 83.5 cm³/mol. The van der Waals surface area contributed by atoms with Gasteiger partial charge in [-0.1, -0.05) is 6.07 Å². The van der Waals surface area contributed by atoms with Gasteiger partial charge in [0.2, 0.25) is 0 Å². The molecule has 0 radical (unpaired) electrons. The average molecular weight is 330 g/mol. The van der Waals surface area contributed by atoms with Crippen LogP contribution in [0.25, 0.3) is 0 Å². The molecule has 1 aromatic heterocycles. The molecule has 0 aliphatic heterocycles. The molecule has 0 bridgehead atoms. The summed E-state index contributed by atoms with van der Waals surface area (Å²) in [5, 5.41) is 3.42. The summed E-state index contributed by atoms with van der Waals surface area (Å²) in [5.41, 5.74) is 4.10. The van der Waals surface area contributed by atoms with Crippen LogP contribution in [0.15, 0.2) is 28.9 Å². The molecule has 0 atom stereocenters. The molecule has 2 aliphatic carbocycles. The van der Waals surface area contributed by atoms with Crippen LogP contribution in [-0.4, -0.2) is 9.97 Å². The van der Waals surface area contributed by atoms with E-state index in [-0.39, 0.29) is 0 Å². The summed E-state index contributed by atoms with van der Waals surface area (Å²) >= 11 is 3.48. The highest BCUT2D eigenvalue weighted by Crippen LogP contribution is 2.39. The van der Waals surface area contributed by atoms with Crippen LogP contribution in [0.2, 0.25) is 0 Å². The van der Waals surface area contributed by atoms with Gasteiger partial charge in [0.25, 0.3) is 0 Å². The fourth-order valence-corrected chi connectivity index (χ4v) is 3.22. The standard InChI is InChI=1S/C16H16BrN3/c17-14-9-15(20-16(19-14)11-4-5-11)18-13-7-6-10-2-1-3-12(10)8-13/h6-9,11H,1-5H2,(H,18,19,20). The Morgan fingerprint density at radius 3 is 2.75 bits per heavy atom. The SMILES string of the molecule is Brc1cc(Nc2ccc3c(c2)CCC3)nc(C2CC2)n1. The van der Waals surface area contributed by atoms with Gasteiger partial charge >= 0.3 is 0 Å². The van der Waals surface area contributed by atoms with Crippen molar-refractivity contribution in [3.63, 3.8) is 0 Å². The third kappa shape index (κ3) is 2.44. The topological polar surface area (TPSA) is 37.8 Å². The highest BCUT2D eigenvalue weighted by molar-refractivity contribution is 9.10. The Morgan fingerprint density at radius 2 is 1.90 bits per heavy atom. The van der Waals surface area contributed by atoms with E-state index in [0.29, 0.717) is 5.92 Å². The van der Waals surface area contributed by atoms with Crippen molar-refractivity contribution in [2.45, 2.75) is 38.0 Å². The molecule has 1 fully saturated rings. The van der Waals surface area contributed by atoms with Crippen molar-refractivity contribution < 1.29 is 0 Å². The summed E-state index contributed by atoms with van der Waals surface area (Å²) in [4.78, 5) is 9.09. The number of halogens is 1. The predicted octanol–water partition coefficient (Wildman–Crippen LogP) is 4.35. The van der Waals surface area contributed by atoms with Crippen LogP contribution in [0.4, 0.5) is 11.5 Å². The number of aryl methyl sites for hydroxylation is 2. The first-order valence-electron chi connectivity index (χ1n) is 7.21. The summed E-state index contributed by atoms with van der Waals surface area (Å²) in [6.45, 7) is 0. The van der Waals surface area contributed by atoms with Gasteiger partial charge in [-0.3, -0.25) is 0 Å². The summed E-state index contributed by atoms with van der Waals surface area (Å²) < 4.78 is 0.859. The Morgan fingerprint density at radius 1 is 1.05 bits per heavy atom. The van der Waals surface area contributed by atoms with E-state index >= 15 is 0 Å². The molecule has 4 rings (SSSR count). The van der Waals surface area contributed by atoms with E-state index in [1.807, 2.05) is 6.07 Å². The molecule has 4 heteroatoms. The van der Waals surface area contributed by atoms with Crippen LogP contribution in [0, 0.1) is 0 Å². The lowest BCUT2D eigenvalue weighted by Crippen LogP contribution is -2.00. The van der Waals surface area contributed by atoms with Gasteiger partial charge in [0.1, 0.15) is 16.2 Å². The molecule has 2 aromatic rings. The Kier molecular flexibility index (Phi) is 2.99. The molecule has 0 amide bonds. The number of benzene rings is 1. The maximum atomic E-state index is 4.63. The molecule has 1 N–H and O–H groups in total. The van der Waals surface area contributed by atoms with Crippen LogP contribution < -0.4 is 5.32 Å². The Hall–Kier alpha value is -1.42. The lowest BCUT2D eigenvalue weighted by molar-refractivity contribution is 0.911. The third-order valence-corrected chi connectivity index (χ3v) is 4.43. The highest BCUT2D eigenvalue weighted by atomic mass is 79.9. The molecule has 1 heterocycles. The van der Waals surface area contributed by atoms with Crippen molar-refractivity contribution in [2.24, 2.45) is 0 Å². The number of nitrogens with one attached hydrogen (secondary N) is 1. The van der Waals surface area contributed by atoms with Crippen LogP contribution >= 0.6 is 15.9 Å². The molecular formula is C16H16BrN3. The van der Waals surface area contributed by atoms with Crippen LogP contribution in [0.5, 0.6) is 0 Å². The van der Waals surface area contributed by atoms with Gasteiger partial charge in [-0.25, -0.2) is 9.97 Å². The molecule has 2 aliphatic rings. The number of fused-ring (bicyclic) bond motifs is 1. The summed E-state index contributed by atoms with van der Waals surface area (Å²) in [6, 6.07) is 8.59. The molecule has 20 heavy (non-hydrogen) atoms. The van der Waals surface area contributed by atoms with E-state index in [1.54, 1.807) is 0 Å². The first kappa shape index (κ1) is 12.3. The number of hydrogen-bond donors (Lipinski definition) is 1. The lowest BCUT2D eigenvalue weighted by Gasteiger charge is -2.09. The first-order chi connectivity index (χ1) is 9.78. The maximum absolute atomic E-state index is 4.63. The fraction of sp³-hybridized carbons (Fsp3) is 0.375. The summed E-state index contributed by atoms with van der Waals surface area (Å²) in [7, 11) is 0. The summed E-state index contributed by atoms with van der Waals surface area (Å²) in [6.07, 6.45) is 6.14. The Balaban J connectivity index is 1.62. The van der Waals surface area contributed by atoms with Crippen molar-refractivity contribution in [3.8, 4) is 0 Å². The van der Waals surface area contributed by atoms with Crippen molar-refractivity contribution in [1.29, 1.82) is 0 Å². The quantitative estimate of drug-likeness (QED) is 0.850. The van der Waals surface area contributed by atoms with Gasteiger partial charge < -0.3 is 5.32 Å². The van der Waals surface area contributed by atoms with Crippen molar-refractivity contribution in [2.75, 3.05) is 5.32 Å². The largest absolute Gasteiger partial charge is 0.340 e. The minimum atomic E-state index is 0.563. The van der Waals surface area contributed by atoms with Gasteiger partial charge in [0.05, 0.1) is 0 Å². The fourth-order valence-electron chi connectivity index (χ4n) is 2.82. The van der Waals surface area contributed by atoms with Crippen LogP contribution in [0.3, 0.4) is 0 Å². The van der Waals surface area contributed by atoms with Gasteiger partial charge in [0.15, 0.2) is 0 Å². The minimum absolute atomic E-state index is 0.563. The Labute approximate surface area is 127 Å². The zero-order valence-corrected chi connectivity index (χ0v) is 12.8. The smallest absolute Gasteiger partial charge is 0.135 e. The molecule has 0 unspecified atom stereocenters. The molecule has 3 nitrogen and oxygen atoms in total. The van der Waals surface area contributed by atoms with Crippen molar-refractivity contribution >= 4 is 27.4 Å². The van der Waals surface area contributed by atoms with Crippen molar-refractivity contribution in [1.82, 2.24) is 9.97 Å². The molecule has 102 valence electrons. The first-order valence-corrected chi connectivity index (χ1v) is 8.00. The lowest BCUT2D eigenvalue weighted by atomic mass is 10.1. The van der Waals surface area contributed by atoms with E-state index in [9.17, 15) is 0 Å². The second-order valence-corrected chi connectivity index (χ2v) is 6.48. The van der Waals surface area contributed by atoms with Crippen molar-refractivity contribution in [3.05, 3.63) is 45.8 Å². The van der Waals surface area contributed by atoms with Gasteiger partial charge in [-0.05, 0) is 71.3 Å². The second kappa shape index (κ2) is 4.85. The van der Waals surface area contributed by atoms with Gasteiger partial charge in [-0.2, -0.15) is 0 Å². The normalized spacial score (nSPS) is 17.1. The molecule has 0 saturated heterocycles. The third-order valence-electron chi connectivity index (χ3n) is 4.03. The number of hydrogen-bond acceptors (Lipinski definition) is 3. The van der Waals surface area contributed by atoms with Gasteiger partial charge in [0, 0.05) is 17.7 Å². The number of nitrogens with zero attached hydrogens (tertiary/aromatic N) is 2. The molecular weight excluding hydrogens is 314 g/mol. The van der Waals surface area contributed by atoms with Gasteiger partial charge in [-0.15, -0.1) is 0 Å². The molecule has 0 spiro atoms. The number of anilines is 2. The van der Waals surface area contributed by atoms with E-state index in [2.05, 4.69) is 49.4 Å². The summed E-state index contributed by atoms with van der Waals surface area (Å²) in [5.74, 6) is 2.41. The van der Waals surface area contributed by atoms with E-state index < -0.39 is 0 Å². The molecule has 1 aromatic carbocycles. The highest BCUT2D eigenvalue weighted by Gasteiger charge is 2.27. The monoisotopic (exact) mass is 329 g/mol. The zero-order valence-electron chi connectivity index (χ0n) is 11.2. The second-order valence-electron chi connectivity index (χ2n) is 5.67. The molecule has 1 saturated carbocycles. The maximum Gasteiger partial charge on any atom is 0.135 e. The number of rotatable bonds is 3. The zero-order chi connectivity index (χ0) is 13.5. The Bertz CT molecular complexity index is 665. The average Bonchev–Trinajstić information content (AvgIpc) is 3.17. The van der Waals surface area contributed by atoms with E-state index in [1.165, 1.54) is 43.2 Å². The van der Waals surface area contributed by atoms with E-state index in [4.69, 9.17) is 0 Å². The minimum Gasteiger partial charge on any atom is -0.340 e.